The zero-order valence-electron chi connectivity index (χ0n) is 13.3. The smallest absolute Gasteiger partial charge is 0.328 e. The lowest BCUT2D eigenvalue weighted by molar-refractivity contribution is -0.151. The predicted octanol–water partition coefficient (Wildman–Crippen LogP) is 0.696. The lowest BCUT2D eigenvalue weighted by atomic mass is 10.1. The van der Waals surface area contributed by atoms with E-state index < -0.39 is 6.04 Å². The third-order valence-corrected chi connectivity index (χ3v) is 3.92. The van der Waals surface area contributed by atoms with Gasteiger partial charge in [-0.2, -0.15) is 0 Å². The van der Waals surface area contributed by atoms with Gasteiger partial charge in [-0.15, -0.1) is 0 Å². The first-order valence-electron chi connectivity index (χ1n) is 7.61. The summed E-state index contributed by atoms with van der Waals surface area (Å²) in [6.07, 6.45) is 2.23. The number of hydrogen-bond acceptors (Lipinski definition) is 5. The van der Waals surface area contributed by atoms with Crippen LogP contribution in [0, 0.1) is 0 Å². The van der Waals surface area contributed by atoms with Crippen molar-refractivity contribution >= 4 is 11.9 Å². The number of rotatable bonds is 3. The van der Waals surface area contributed by atoms with Gasteiger partial charge in [0, 0.05) is 13.1 Å². The molecule has 3 atom stereocenters. The van der Waals surface area contributed by atoms with Crippen molar-refractivity contribution in [3.8, 4) is 0 Å². The van der Waals surface area contributed by atoms with Crippen LogP contribution < -0.4 is 5.32 Å². The number of nitrogens with zero attached hydrogens (tertiary/aromatic N) is 1. The van der Waals surface area contributed by atoms with Crippen LogP contribution in [-0.2, 0) is 19.1 Å². The second-order valence-corrected chi connectivity index (χ2v) is 6.76. The molecule has 2 aliphatic rings. The van der Waals surface area contributed by atoms with Crippen LogP contribution in [0.25, 0.3) is 0 Å². The highest BCUT2D eigenvalue weighted by Crippen LogP contribution is 2.23. The summed E-state index contributed by atoms with van der Waals surface area (Å²) in [4.78, 5) is 26.0. The maximum Gasteiger partial charge on any atom is 0.328 e. The topological polar surface area (TPSA) is 67.9 Å². The number of amides is 1. The molecular formula is C15H26N2O4. The van der Waals surface area contributed by atoms with E-state index in [1.807, 2.05) is 20.8 Å². The summed E-state index contributed by atoms with van der Waals surface area (Å²) in [7, 11) is 1.37. The van der Waals surface area contributed by atoms with Crippen molar-refractivity contribution in [2.75, 3.05) is 20.2 Å². The van der Waals surface area contributed by atoms with Crippen molar-refractivity contribution in [3.63, 3.8) is 0 Å². The maximum atomic E-state index is 12.6. The minimum absolute atomic E-state index is 0.0112. The Labute approximate surface area is 126 Å². The quantitative estimate of drug-likeness (QED) is 0.777. The summed E-state index contributed by atoms with van der Waals surface area (Å²) in [6, 6.07) is -0.686. The predicted molar refractivity (Wildman–Crippen MR) is 77.8 cm³/mol. The van der Waals surface area contributed by atoms with Crippen LogP contribution >= 0.6 is 0 Å². The molecule has 1 N–H and O–H groups in total. The highest BCUT2D eigenvalue weighted by molar-refractivity contribution is 5.88. The van der Waals surface area contributed by atoms with Crippen LogP contribution in [0.4, 0.5) is 0 Å². The summed E-state index contributed by atoms with van der Waals surface area (Å²) < 4.78 is 10.7. The molecule has 2 fully saturated rings. The molecule has 0 aromatic rings. The van der Waals surface area contributed by atoms with Gasteiger partial charge in [-0.1, -0.05) is 0 Å². The zero-order chi connectivity index (χ0) is 15.6. The first-order valence-corrected chi connectivity index (χ1v) is 7.61. The van der Waals surface area contributed by atoms with Gasteiger partial charge in [0.2, 0.25) is 5.91 Å². The van der Waals surface area contributed by atoms with E-state index in [0.29, 0.717) is 25.9 Å². The van der Waals surface area contributed by atoms with E-state index in [9.17, 15) is 9.59 Å². The summed E-state index contributed by atoms with van der Waals surface area (Å²) in [6.45, 7) is 7.33. The highest BCUT2D eigenvalue weighted by atomic mass is 16.5. The molecule has 0 aliphatic carbocycles. The van der Waals surface area contributed by atoms with Gasteiger partial charge in [0.1, 0.15) is 6.04 Å². The van der Waals surface area contributed by atoms with E-state index in [2.05, 4.69) is 5.32 Å². The van der Waals surface area contributed by atoms with E-state index in [1.165, 1.54) is 7.11 Å². The average Bonchev–Trinajstić information content (AvgIpc) is 3.03. The minimum Gasteiger partial charge on any atom is -0.467 e. The number of hydrogen-bond donors (Lipinski definition) is 1. The molecule has 2 heterocycles. The first kappa shape index (κ1) is 16.2. The minimum atomic E-state index is -0.424. The Hall–Kier alpha value is -1.14. The van der Waals surface area contributed by atoms with Crippen molar-refractivity contribution in [3.05, 3.63) is 0 Å². The van der Waals surface area contributed by atoms with Crippen LogP contribution in [0.2, 0.25) is 0 Å². The Kier molecular flexibility index (Phi) is 4.88. The lowest BCUT2D eigenvalue weighted by Crippen LogP contribution is -2.48. The van der Waals surface area contributed by atoms with E-state index in [4.69, 9.17) is 9.47 Å². The second kappa shape index (κ2) is 6.32. The van der Waals surface area contributed by atoms with Gasteiger partial charge in [-0.3, -0.25) is 4.79 Å². The number of carbonyl (C=O) groups excluding carboxylic acids is 2. The summed E-state index contributed by atoms with van der Waals surface area (Å²) >= 11 is 0. The highest BCUT2D eigenvalue weighted by Gasteiger charge is 2.40. The zero-order valence-corrected chi connectivity index (χ0v) is 13.3. The van der Waals surface area contributed by atoms with Crippen molar-refractivity contribution in [1.29, 1.82) is 0 Å². The van der Waals surface area contributed by atoms with Crippen LogP contribution in [0.3, 0.4) is 0 Å². The van der Waals surface area contributed by atoms with Crippen LogP contribution in [0.5, 0.6) is 0 Å². The molecule has 0 aromatic carbocycles. The second-order valence-electron chi connectivity index (χ2n) is 6.76. The molecule has 6 heteroatoms. The molecule has 0 spiro atoms. The number of carbonyl (C=O) groups is 2. The molecule has 2 aliphatic heterocycles. The summed E-state index contributed by atoms with van der Waals surface area (Å²) in [5.41, 5.74) is -0.216. The van der Waals surface area contributed by atoms with Gasteiger partial charge in [0.05, 0.1) is 24.9 Å². The third kappa shape index (κ3) is 3.95. The van der Waals surface area contributed by atoms with Crippen LogP contribution in [-0.4, -0.2) is 60.8 Å². The molecule has 6 nitrogen and oxygen atoms in total. The van der Waals surface area contributed by atoms with Gasteiger partial charge in [0.15, 0.2) is 0 Å². The number of esters is 1. The average molecular weight is 298 g/mol. The molecule has 21 heavy (non-hydrogen) atoms. The van der Waals surface area contributed by atoms with Crippen LogP contribution in [0.1, 0.15) is 40.0 Å². The Morgan fingerprint density at radius 3 is 2.62 bits per heavy atom. The monoisotopic (exact) mass is 298 g/mol. The molecule has 0 unspecified atom stereocenters. The van der Waals surface area contributed by atoms with Crippen molar-refractivity contribution < 1.29 is 19.1 Å². The largest absolute Gasteiger partial charge is 0.467 e. The summed E-state index contributed by atoms with van der Waals surface area (Å²) in [5.74, 6) is -0.329. The molecule has 0 bridgehead atoms. The lowest BCUT2D eigenvalue weighted by Gasteiger charge is -2.26. The van der Waals surface area contributed by atoms with Crippen LogP contribution in [0.15, 0.2) is 0 Å². The Morgan fingerprint density at radius 2 is 2.00 bits per heavy atom. The van der Waals surface area contributed by atoms with Crippen molar-refractivity contribution in [2.45, 2.75) is 63.8 Å². The molecule has 2 rings (SSSR count). The van der Waals surface area contributed by atoms with E-state index in [1.54, 1.807) is 4.90 Å². The Morgan fingerprint density at radius 1 is 1.29 bits per heavy atom. The van der Waals surface area contributed by atoms with Crippen molar-refractivity contribution in [2.24, 2.45) is 0 Å². The van der Waals surface area contributed by atoms with Gasteiger partial charge in [0.25, 0.3) is 0 Å². The number of likely N-dealkylation sites (tertiary alicyclic amines) is 1. The number of methoxy groups -OCH3 is 1. The normalized spacial score (nSPS) is 29.7. The van der Waals surface area contributed by atoms with Crippen molar-refractivity contribution in [1.82, 2.24) is 10.2 Å². The molecule has 0 radical (unpaired) electrons. The molecule has 0 aromatic heterocycles. The molecule has 120 valence electrons. The Bertz CT molecular complexity index is 405. The number of ether oxygens (including phenoxy) is 2. The summed E-state index contributed by atoms with van der Waals surface area (Å²) in [5, 5.41) is 3.22. The van der Waals surface area contributed by atoms with Gasteiger partial charge in [-0.05, 0) is 40.0 Å². The standard InChI is InChI=1S/C15H26N2O4/c1-15(2,3)21-10-8-11(16-9-10)13(18)17-7-5-6-12(17)14(19)20-4/h10-12,16H,5-9H2,1-4H3/t10-,11+,12-/m1/s1. The molecule has 0 saturated carbocycles. The van der Waals surface area contributed by atoms with E-state index in [0.717, 1.165) is 6.42 Å². The molecule has 1 amide bonds. The van der Waals surface area contributed by atoms with Gasteiger partial charge in [-0.25, -0.2) is 4.79 Å². The van der Waals surface area contributed by atoms with Gasteiger partial charge >= 0.3 is 5.97 Å². The maximum absolute atomic E-state index is 12.6. The third-order valence-electron chi connectivity index (χ3n) is 3.92. The van der Waals surface area contributed by atoms with E-state index >= 15 is 0 Å². The molecular weight excluding hydrogens is 272 g/mol. The first-order chi connectivity index (χ1) is 9.81. The number of nitrogens with one attached hydrogen (secondary N) is 1. The van der Waals surface area contributed by atoms with Gasteiger partial charge < -0.3 is 19.7 Å². The fraction of sp³-hybridized carbons (Fsp3) is 0.867. The SMILES string of the molecule is COC(=O)[C@H]1CCCN1C(=O)[C@@H]1C[C@@H](OC(C)(C)C)CN1. The fourth-order valence-corrected chi connectivity index (χ4v) is 3.09. The fourth-order valence-electron chi connectivity index (χ4n) is 3.09. The Balaban J connectivity index is 1.93. The van der Waals surface area contributed by atoms with E-state index in [-0.39, 0.29) is 29.6 Å². The molecule has 2 saturated heterocycles.